The van der Waals surface area contributed by atoms with E-state index >= 15 is 0 Å². The van der Waals surface area contributed by atoms with Crippen LogP contribution in [0.25, 0.3) is 0 Å². The first-order valence-electron chi connectivity index (χ1n) is 14.3. The number of hydrogen-bond acceptors (Lipinski definition) is 4. The molecule has 3 rings (SSSR count). The van der Waals surface area contributed by atoms with Crippen LogP contribution in [-0.4, -0.2) is 41.2 Å². The van der Waals surface area contributed by atoms with Gasteiger partial charge in [-0.2, -0.15) is 0 Å². The molecule has 1 heterocycles. The van der Waals surface area contributed by atoms with Crippen molar-refractivity contribution < 1.29 is 18.9 Å². The molecule has 1 aromatic rings. The molecule has 1 atom stereocenters. The number of carbonyl (C=O) groups is 2. The van der Waals surface area contributed by atoms with E-state index in [9.17, 15) is 9.59 Å². The van der Waals surface area contributed by atoms with Gasteiger partial charge in [-0.05, 0) is 116 Å². The van der Waals surface area contributed by atoms with Crippen LogP contribution in [0.1, 0.15) is 112 Å². The Hall–Kier alpha value is -1.57. The topological polar surface area (TPSA) is 76.7 Å². The highest BCUT2D eigenvalue weighted by molar-refractivity contribution is 6.45. The zero-order valence-electron chi connectivity index (χ0n) is 24.7. The molecule has 8 heteroatoms. The Morgan fingerprint density at radius 3 is 2.00 bits per heavy atom. The molecule has 1 aliphatic carbocycles. The summed E-state index contributed by atoms with van der Waals surface area (Å²) in [6.45, 7) is 15.7. The Bertz CT molecular complexity index is 951. The van der Waals surface area contributed by atoms with Crippen LogP contribution in [0.3, 0.4) is 0 Å². The normalized spacial score (nSPS) is 24.5. The van der Waals surface area contributed by atoms with Gasteiger partial charge in [0.05, 0.1) is 11.2 Å². The third-order valence-electron chi connectivity index (χ3n) is 8.62. The van der Waals surface area contributed by atoms with Gasteiger partial charge >= 0.3 is 7.12 Å². The molecule has 6 nitrogen and oxygen atoms in total. The minimum absolute atomic E-state index is 0.0640. The van der Waals surface area contributed by atoms with E-state index in [-0.39, 0.29) is 36.1 Å². The Balaban J connectivity index is 1.74. The molecule has 2 fully saturated rings. The molecule has 0 aromatic heterocycles. The van der Waals surface area contributed by atoms with Crippen molar-refractivity contribution in [2.24, 2.45) is 5.92 Å². The average Bonchev–Trinajstić information content (AvgIpc) is 3.01. The molecule has 38 heavy (non-hydrogen) atoms. The van der Waals surface area contributed by atoms with Crippen LogP contribution < -0.4 is 10.6 Å². The van der Waals surface area contributed by atoms with Gasteiger partial charge in [0.25, 0.3) is 0 Å². The van der Waals surface area contributed by atoms with Gasteiger partial charge in [0.15, 0.2) is 0 Å². The van der Waals surface area contributed by atoms with Crippen molar-refractivity contribution in [3.63, 3.8) is 0 Å². The quantitative estimate of drug-likeness (QED) is 0.268. The molecule has 1 saturated heterocycles. The van der Waals surface area contributed by atoms with E-state index in [4.69, 9.17) is 20.9 Å². The minimum atomic E-state index is -0.944. The summed E-state index contributed by atoms with van der Waals surface area (Å²) in [5.74, 6) is 0.257. The van der Waals surface area contributed by atoms with Crippen LogP contribution in [0.15, 0.2) is 24.3 Å². The van der Waals surface area contributed by atoms with Crippen LogP contribution in [0.2, 0.25) is 11.3 Å². The van der Waals surface area contributed by atoms with Crippen molar-refractivity contribution in [2.45, 2.75) is 135 Å². The van der Waals surface area contributed by atoms with Crippen molar-refractivity contribution in [3.8, 4) is 0 Å². The highest BCUT2D eigenvalue weighted by Crippen LogP contribution is 2.43. The van der Waals surface area contributed by atoms with Gasteiger partial charge < -0.3 is 19.9 Å². The van der Waals surface area contributed by atoms with Gasteiger partial charge in [0, 0.05) is 17.5 Å². The maximum Gasteiger partial charge on any atom is 0.457 e. The van der Waals surface area contributed by atoms with Gasteiger partial charge in [-0.25, -0.2) is 0 Å². The number of hydrogen-bond donors (Lipinski definition) is 2. The molecule has 1 aromatic carbocycles. The number of halogens is 1. The second-order valence-corrected chi connectivity index (χ2v) is 13.8. The Labute approximate surface area is 235 Å². The predicted molar refractivity (Wildman–Crippen MR) is 155 cm³/mol. The maximum absolute atomic E-state index is 13.9. The van der Waals surface area contributed by atoms with Crippen LogP contribution in [0.4, 0.5) is 0 Å². The second-order valence-electron chi connectivity index (χ2n) is 13.4. The molecule has 2 amide bonds. The van der Waals surface area contributed by atoms with E-state index in [2.05, 4.69) is 50.5 Å². The Morgan fingerprint density at radius 1 is 0.947 bits per heavy atom. The summed E-state index contributed by atoms with van der Waals surface area (Å²) in [7, 11) is -0.256. The summed E-state index contributed by atoms with van der Waals surface area (Å²) in [5, 5.41) is 7.11. The highest BCUT2D eigenvalue weighted by atomic mass is 35.5. The number of carbonyl (C=O) groups excluding carboxylic acids is 2. The van der Waals surface area contributed by atoms with E-state index < -0.39 is 11.1 Å². The molecule has 0 radical (unpaired) electrons. The summed E-state index contributed by atoms with van der Waals surface area (Å²) >= 11 is 6.10. The van der Waals surface area contributed by atoms with Crippen LogP contribution in [-0.2, 0) is 18.9 Å². The molecule has 212 valence electrons. The van der Waals surface area contributed by atoms with Crippen LogP contribution >= 0.6 is 11.6 Å². The molecule has 2 aliphatic rings. The van der Waals surface area contributed by atoms with Crippen molar-refractivity contribution in [1.82, 2.24) is 10.6 Å². The third-order valence-corrected chi connectivity index (χ3v) is 8.87. The first-order valence-corrected chi connectivity index (χ1v) is 14.6. The lowest BCUT2D eigenvalue weighted by Gasteiger charge is -2.44. The van der Waals surface area contributed by atoms with Crippen LogP contribution in [0.5, 0.6) is 0 Å². The predicted octanol–water partition coefficient (Wildman–Crippen LogP) is 6.67. The molecular weight excluding hydrogens is 499 g/mol. The fourth-order valence-electron chi connectivity index (χ4n) is 5.94. The van der Waals surface area contributed by atoms with E-state index in [1.54, 1.807) is 0 Å². The molecule has 0 spiro atoms. The number of nitrogens with one attached hydrogen (secondary N) is 2. The van der Waals surface area contributed by atoms with Gasteiger partial charge in [-0.3, -0.25) is 9.59 Å². The van der Waals surface area contributed by atoms with Gasteiger partial charge in [0.1, 0.15) is 5.54 Å². The summed E-state index contributed by atoms with van der Waals surface area (Å²) in [6.07, 6.45) is 6.69. The van der Waals surface area contributed by atoms with E-state index in [0.29, 0.717) is 12.3 Å². The van der Waals surface area contributed by atoms with Gasteiger partial charge in [0.2, 0.25) is 11.8 Å². The average molecular weight is 547 g/mol. The van der Waals surface area contributed by atoms with E-state index in [1.807, 2.05) is 32.9 Å². The third kappa shape index (κ3) is 7.54. The van der Waals surface area contributed by atoms with E-state index in [0.717, 1.165) is 49.9 Å². The van der Waals surface area contributed by atoms with Crippen molar-refractivity contribution >= 4 is 30.5 Å². The Morgan fingerprint density at radius 2 is 1.50 bits per heavy atom. The SMILES string of the molecule is CC(=O)NC(CCCCB1OC(C)(C)C(C)(C)O1)(C(=O)NC(C)(C)C)C1CCC(c2ccc(Cl)cc2)CC1. The first kappa shape index (κ1) is 31.0. The lowest BCUT2D eigenvalue weighted by Crippen LogP contribution is -2.65. The van der Waals surface area contributed by atoms with E-state index in [1.165, 1.54) is 12.5 Å². The highest BCUT2D eigenvalue weighted by Gasteiger charge is 2.51. The number of rotatable bonds is 9. The number of unbranched alkanes of at least 4 members (excludes halogenated alkanes) is 1. The summed E-state index contributed by atoms with van der Waals surface area (Å²) in [6, 6.07) is 8.11. The Kier molecular flexibility index (Phi) is 9.69. The smallest absolute Gasteiger partial charge is 0.403 e. The fraction of sp³-hybridized carbons (Fsp3) is 0.733. The molecule has 2 N–H and O–H groups in total. The number of amides is 2. The molecule has 1 saturated carbocycles. The minimum Gasteiger partial charge on any atom is -0.403 e. The fourth-order valence-corrected chi connectivity index (χ4v) is 6.07. The summed E-state index contributed by atoms with van der Waals surface area (Å²) < 4.78 is 12.3. The summed E-state index contributed by atoms with van der Waals surface area (Å²) in [5.41, 5.74) is -0.760. The van der Waals surface area contributed by atoms with Gasteiger partial charge in [-0.15, -0.1) is 0 Å². The van der Waals surface area contributed by atoms with Crippen LogP contribution in [0, 0.1) is 5.92 Å². The second kappa shape index (κ2) is 11.9. The standard InChI is InChI=1S/C30H48BClN2O4/c1-21(35)33-30(26(36)34-27(2,3)4,19-9-10-20-31-37-28(5,6)29(7,8)38-31)24-15-11-22(12-16-24)23-13-17-25(32)18-14-23/h13-14,17-18,22,24H,9-12,15-16,19-20H2,1-8H3,(H,33,35)(H,34,36). The monoisotopic (exact) mass is 546 g/mol. The maximum atomic E-state index is 13.9. The number of benzene rings is 1. The molecule has 1 aliphatic heterocycles. The van der Waals surface area contributed by atoms with Gasteiger partial charge in [-0.1, -0.05) is 36.6 Å². The molecule has 0 bridgehead atoms. The largest absolute Gasteiger partial charge is 0.457 e. The van der Waals surface area contributed by atoms with Crippen molar-refractivity contribution in [2.75, 3.05) is 0 Å². The zero-order valence-corrected chi connectivity index (χ0v) is 25.5. The van der Waals surface area contributed by atoms with Crippen molar-refractivity contribution in [3.05, 3.63) is 34.9 Å². The summed E-state index contributed by atoms with van der Waals surface area (Å²) in [4.78, 5) is 26.5. The lowest BCUT2D eigenvalue weighted by atomic mass is 9.67. The lowest BCUT2D eigenvalue weighted by molar-refractivity contribution is -0.138. The zero-order chi connectivity index (χ0) is 28.4. The molecule has 1 unspecified atom stereocenters. The first-order chi connectivity index (χ1) is 17.5. The molecular formula is C30H48BClN2O4. The van der Waals surface area contributed by atoms with Crippen molar-refractivity contribution in [1.29, 1.82) is 0 Å².